The van der Waals surface area contributed by atoms with Crippen LogP contribution in [0.3, 0.4) is 0 Å². The van der Waals surface area contributed by atoms with Crippen LogP contribution in [0, 0.1) is 10.1 Å². The largest absolute Gasteiger partial charge is 0.457 e. The van der Waals surface area contributed by atoms with Crippen LogP contribution >= 0.6 is 0 Å². The molecular weight excluding hydrogens is 364 g/mol. The summed E-state index contributed by atoms with van der Waals surface area (Å²) < 4.78 is 10.6. The monoisotopic (exact) mass is 390 g/mol. The van der Waals surface area contributed by atoms with E-state index in [1.54, 1.807) is 39.8 Å². The molecule has 0 saturated carbocycles. The smallest absolute Gasteiger partial charge is 0.333 e. The quantitative estimate of drug-likeness (QED) is 0.261. The van der Waals surface area contributed by atoms with Crippen LogP contribution in [0.4, 0.5) is 11.4 Å². The van der Waals surface area contributed by atoms with Crippen molar-refractivity contribution < 1.29 is 24.0 Å². The summed E-state index contributed by atoms with van der Waals surface area (Å²) in [6, 6.07) is 5.96. The van der Waals surface area contributed by atoms with E-state index in [0.29, 0.717) is 18.8 Å². The van der Waals surface area contributed by atoms with E-state index < -0.39 is 29.1 Å². The van der Waals surface area contributed by atoms with Crippen molar-refractivity contribution in [2.45, 2.75) is 39.9 Å². The lowest BCUT2D eigenvalue weighted by Crippen LogP contribution is -2.39. The van der Waals surface area contributed by atoms with Crippen molar-refractivity contribution in [2.24, 2.45) is 0 Å². The number of esters is 2. The maximum absolute atomic E-state index is 11.7. The zero-order valence-electron chi connectivity index (χ0n) is 16.6. The van der Waals surface area contributed by atoms with Crippen LogP contribution in [0.15, 0.2) is 48.6 Å². The van der Waals surface area contributed by atoms with Gasteiger partial charge in [0.2, 0.25) is 0 Å². The van der Waals surface area contributed by atoms with E-state index in [0.717, 1.165) is 0 Å². The Morgan fingerprint density at radius 1 is 1.00 bits per heavy atom. The normalized spacial score (nSPS) is 12.4. The van der Waals surface area contributed by atoms with Crippen molar-refractivity contribution in [3.05, 3.63) is 58.7 Å². The molecule has 0 spiro atoms. The first-order valence-electron chi connectivity index (χ1n) is 8.73. The minimum Gasteiger partial charge on any atom is -0.457 e. The molecule has 0 radical (unpaired) electrons. The van der Waals surface area contributed by atoms with Crippen LogP contribution in [0.5, 0.6) is 0 Å². The van der Waals surface area contributed by atoms with Crippen LogP contribution in [-0.4, -0.2) is 42.2 Å². The van der Waals surface area contributed by atoms with Crippen LogP contribution in [0.2, 0.25) is 0 Å². The lowest BCUT2D eigenvalue weighted by molar-refractivity contribution is -0.384. The molecule has 0 fully saturated rings. The van der Waals surface area contributed by atoms with E-state index in [1.165, 1.54) is 12.1 Å². The molecule has 1 rings (SSSR count). The molecule has 0 heterocycles. The van der Waals surface area contributed by atoms with Gasteiger partial charge in [0.25, 0.3) is 5.69 Å². The first-order chi connectivity index (χ1) is 13.0. The van der Waals surface area contributed by atoms with Gasteiger partial charge in [0.15, 0.2) is 0 Å². The van der Waals surface area contributed by atoms with Crippen molar-refractivity contribution in [3.8, 4) is 0 Å². The minimum absolute atomic E-state index is 0.0350. The summed E-state index contributed by atoms with van der Waals surface area (Å²) in [5.74, 6) is -1.00. The molecule has 1 aromatic rings. The Kier molecular flexibility index (Phi) is 8.37. The van der Waals surface area contributed by atoms with Crippen molar-refractivity contribution in [2.75, 3.05) is 18.0 Å². The molecule has 0 amide bonds. The SMILES string of the molecule is C=C(C)C(=O)OC(C)CN(CC(C)OC(=O)C(=C)C)c1ccc([N+](=O)[O-])cc1. The van der Waals surface area contributed by atoms with Crippen LogP contribution in [0.1, 0.15) is 27.7 Å². The number of hydrogen-bond donors (Lipinski definition) is 0. The number of nitro groups is 1. The highest BCUT2D eigenvalue weighted by Gasteiger charge is 2.20. The maximum atomic E-state index is 11.7. The number of non-ortho nitro benzene ring substituents is 1. The number of nitro benzene ring substituents is 1. The maximum Gasteiger partial charge on any atom is 0.333 e. The average Bonchev–Trinajstić information content (AvgIpc) is 2.60. The molecule has 8 heteroatoms. The van der Waals surface area contributed by atoms with Crippen molar-refractivity contribution in [1.82, 2.24) is 0 Å². The molecule has 2 unspecified atom stereocenters. The number of ether oxygens (including phenoxy) is 2. The Bertz CT molecular complexity index is 720. The van der Waals surface area contributed by atoms with Gasteiger partial charge in [0.1, 0.15) is 12.2 Å². The fourth-order valence-electron chi connectivity index (χ4n) is 2.33. The first-order valence-corrected chi connectivity index (χ1v) is 8.73. The number of nitrogens with zero attached hydrogens (tertiary/aromatic N) is 2. The molecule has 0 N–H and O–H groups in total. The summed E-state index contributed by atoms with van der Waals surface area (Å²) >= 11 is 0. The number of benzene rings is 1. The van der Waals surface area contributed by atoms with Crippen LogP contribution in [0.25, 0.3) is 0 Å². The standard InChI is InChI=1S/C20H26N2O6/c1-13(2)19(23)27-15(5)11-21(12-16(6)28-20(24)14(3)4)17-7-9-18(10-8-17)22(25)26/h7-10,15-16H,1,3,11-12H2,2,4-6H3. The molecule has 1 aromatic carbocycles. The predicted molar refractivity (Wildman–Crippen MR) is 106 cm³/mol. The fourth-order valence-corrected chi connectivity index (χ4v) is 2.33. The van der Waals surface area contributed by atoms with E-state index >= 15 is 0 Å². The topological polar surface area (TPSA) is 99.0 Å². The number of carbonyl (C=O) groups excluding carboxylic acids is 2. The molecule has 0 saturated heterocycles. The fraction of sp³-hybridized carbons (Fsp3) is 0.400. The van der Waals surface area contributed by atoms with E-state index in [-0.39, 0.29) is 16.8 Å². The second-order valence-electron chi connectivity index (χ2n) is 6.67. The lowest BCUT2D eigenvalue weighted by atomic mass is 10.2. The van der Waals surface area contributed by atoms with Gasteiger partial charge in [-0.05, 0) is 39.8 Å². The third-order valence-electron chi connectivity index (χ3n) is 3.69. The highest BCUT2D eigenvalue weighted by molar-refractivity contribution is 5.87. The molecule has 8 nitrogen and oxygen atoms in total. The average molecular weight is 390 g/mol. The molecule has 0 aliphatic rings. The van der Waals surface area contributed by atoms with Crippen molar-refractivity contribution >= 4 is 23.3 Å². The molecule has 152 valence electrons. The summed E-state index contributed by atoms with van der Waals surface area (Å²) in [4.78, 5) is 35.7. The number of carbonyl (C=O) groups is 2. The van der Waals surface area contributed by atoms with E-state index in [1.807, 2.05) is 4.90 Å². The van der Waals surface area contributed by atoms with E-state index in [9.17, 15) is 19.7 Å². The Morgan fingerprint density at radius 2 is 1.39 bits per heavy atom. The summed E-state index contributed by atoms with van der Waals surface area (Å²) in [5, 5.41) is 10.9. The van der Waals surface area contributed by atoms with E-state index in [2.05, 4.69) is 13.2 Å². The summed E-state index contributed by atoms with van der Waals surface area (Å²) in [6.07, 6.45) is -0.966. The van der Waals surface area contributed by atoms with Crippen molar-refractivity contribution in [1.29, 1.82) is 0 Å². The summed E-state index contributed by atoms with van der Waals surface area (Å²) in [6.45, 7) is 14.3. The number of anilines is 1. The first kappa shape index (κ1) is 22.9. The predicted octanol–water partition coefficient (Wildman–Crippen LogP) is 3.42. The second kappa shape index (κ2) is 10.2. The van der Waals surface area contributed by atoms with Gasteiger partial charge in [0, 0.05) is 29.0 Å². The third-order valence-corrected chi connectivity index (χ3v) is 3.69. The van der Waals surface area contributed by atoms with Gasteiger partial charge in [-0.25, -0.2) is 9.59 Å². The molecule has 2 atom stereocenters. The number of rotatable bonds is 10. The Balaban J connectivity index is 2.96. The Labute approximate surface area is 164 Å². The molecule has 28 heavy (non-hydrogen) atoms. The van der Waals surface area contributed by atoms with Crippen molar-refractivity contribution in [3.63, 3.8) is 0 Å². The molecule has 0 aromatic heterocycles. The minimum atomic E-state index is -0.502. The van der Waals surface area contributed by atoms with Crippen LogP contribution in [-0.2, 0) is 19.1 Å². The molecule has 0 aliphatic carbocycles. The van der Waals surface area contributed by atoms with E-state index in [4.69, 9.17) is 9.47 Å². The second-order valence-corrected chi connectivity index (χ2v) is 6.67. The van der Waals surface area contributed by atoms with Crippen LogP contribution < -0.4 is 4.90 Å². The van der Waals surface area contributed by atoms with Gasteiger partial charge >= 0.3 is 11.9 Å². The zero-order chi connectivity index (χ0) is 21.4. The summed E-state index contributed by atoms with van der Waals surface area (Å²) in [5.41, 5.74) is 1.21. The van der Waals surface area contributed by atoms with Gasteiger partial charge in [-0.3, -0.25) is 10.1 Å². The molecule has 0 bridgehead atoms. The van der Waals surface area contributed by atoms with Gasteiger partial charge in [0.05, 0.1) is 18.0 Å². The lowest BCUT2D eigenvalue weighted by Gasteiger charge is -2.30. The zero-order valence-corrected chi connectivity index (χ0v) is 16.6. The van der Waals surface area contributed by atoms with Gasteiger partial charge in [-0.15, -0.1) is 0 Å². The molecular formula is C20H26N2O6. The summed E-state index contributed by atoms with van der Waals surface area (Å²) in [7, 11) is 0. The number of hydrogen-bond acceptors (Lipinski definition) is 7. The highest BCUT2D eigenvalue weighted by Crippen LogP contribution is 2.21. The third kappa shape index (κ3) is 7.22. The van der Waals surface area contributed by atoms with Gasteiger partial charge in [-0.1, -0.05) is 13.2 Å². The highest BCUT2D eigenvalue weighted by atomic mass is 16.6. The van der Waals surface area contributed by atoms with Gasteiger partial charge < -0.3 is 14.4 Å². The Hall–Kier alpha value is -3.16. The Morgan fingerprint density at radius 3 is 1.71 bits per heavy atom. The van der Waals surface area contributed by atoms with Gasteiger partial charge in [-0.2, -0.15) is 0 Å². The molecule has 0 aliphatic heterocycles.